The lowest BCUT2D eigenvalue weighted by Gasteiger charge is -2.20. The van der Waals surface area contributed by atoms with Crippen molar-refractivity contribution in [2.24, 2.45) is 0 Å². The molecule has 6 heteroatoms. The first kappa shape index (κ1) is 11.2. The molecule has 18 heavy (non-hydrogen) atoms. The van der Waals surface area contributed by atoms with Crippen molar-refractivity contribution in [1.82, 2.24) is 9.97 Å². The van der Waals surface area contributed by atoms with Crippen LogP contribution in [0.15, 0.2) is 26.7 Å². The van der Waals surface area contributed by atoms with Crippen LogP contribution in [0.1, 0.15) is 11.1 Å². The van der Waals surface area contributed by atoms with E-state index in [-0.39, 0.29) is 11.5 Å². The van der Waals surface area contributed by atoms with Crippen LogP contribution >= 0.6 is 11.8 Å². The quantitative estimate of drug-likeness (QED) is 0.577. The maximum Gasteiger partial charge on any atom is 0.268 e. The summed E-state index contributed by atoms with van der Waals surface area (Å²) in [5.41, 5.74) is 8.69. The van der Waals surface area contributed by atoms with Crippen molar-refractivity contribution in [2.75, 3.05) is 11.1 Å². The summed E-state index contributed by atoms with van der Waals surface area (Å²) < 4.78 is 0. The number of nitrogens with one attached hydrogen (secondary N) is 2. The second-order valence-corrected chi connectivity index (χ2v) is 5.34. The lowest BCUT2D eigenvalue weighted by Crippen LogP contribution is -2.18. The number of aromatic nitrogens is 2. The van der Waals surface area contributed by atoms with Crippen LogP contribution in [0.4, 0.5) is 17.5 Å². The van der Waals surface area contributed by atoms with E-state index in [0.717, 1.165) is 10.6 Å². The number of benzene rings is 1. The van der Waals surface area contributed by atoms with Crippen molar-refractivity contribution in [1.29, 1.82) is 0 Å². The lowest BCUT2D eigenvalue weighted by molar-refractivity contribution is 1.05. The zero-order chi connectivity index (χ0) is 12.9. The van der Waals surface area contributed by atoms with E-state index in [1.807, 2.05) is 0 Å². The van der Waals surface area contributed by atoms with Gasteiger partial charge in [-0.05, 0) is 37.1 Å². The lowest BCUT2D eigenvalue weighted by atomic mass is 10.1. The highest BCUT2D eigenvalue weighted by atomic mass is 32.2. The first-order valence-electron chi connectivity index (χ1n) is 5.50. The maximum absolute atomic E-state index is 11.8. The van der Waals surface area contributed by atoms with E-state index in [9.17, 15) is 4.79 Å². The van der Waals surface area contributed by atoms with Gasteiger partial charge in [0.05, 0.1) is 5.69 Å². The van der Waals surface area contributed by atoms with E-state index in [1.54, 1.807) is 0 Å². The Balaban J connectivity index is 2.18. The molecule has 2 aromatic rings. The summed E-state index contributed by atoms with van der Waals surface area (Å²) in [7, 11) is 0. The minimum atomic E-state index is -0.209. The monoisotopic (exact) mass is 260 g/mol. The largest absolute Gasteiger partial charge is 0.369 e. The summed E-state index contributed by atoms with van der Waals surface area (Å²) >= 11 is 1.42. The molecule has 1 aliphatic heterocycles. The molecule has 4 N–H and O–H groups in total. The number of rotatable bonds is 0. The molecule has 1 aromatic heterocycles. The first-order chi connectivity index (χ1) is 8.54. The zero-order valence-corrected chi connectivity index (χ0v) is 10.8. The molecule has 3 rings (SSSR count). The van der Waals surface area contributed by atoms with E-state index in [2.05, 4.69) is 41.3 Å². The third-order valence-electron chi connectivity index (χ3n) is 2.96. The molecule has 0 saturated heterocycles. The van der Waals surface area contributed by atoms with Gasteiger partial charge < -0.3 is 11.1 Å². The van der Waals surface area contributed by atoms with Gasteiger partial charge >= 0.3 is 0 Å². The molecule has 1 aromatic carbocycles. The van der Waals surface area contributed by atoms with Crippen LogP contribution in [0.25, 0.3) is 0 Å². The fraction of sp³-hybridized carbons (Fsp3) is 0.167. The van der Waals surface area contributed by atoms with Crippen LogP contribution in [0.3, 0.4) is 0 Å². The smallest absolute Gasteiger partial charge is 0.268 e. The van der Waals surface area contributed by atoms with Crippen LogP contribution in [0.5, 0.6) is 0 Å². The SMILES string of the molecule is Cc1cc2c(cc1C)Sc1c(nc(N)[nH]c1=O)N2. The van der Waals surface area contributed by atoms with Gasteiger partial charge in [-0.1, -0.05) is 11.8 Å². The third-order valence-corrected chi connectivity index (χ3v) is 4.10. The van der Waals surface area contributed by atoms with E-state index < -0.39 is 0 Å². The van der Waals surface area contributed by atoms with E-state index in [0.29, 0.717) is 10.7 Å². The van der Waals surface area contributed by atoms with Crippen molar-refractivity contribution >= 4 is 29.2 Å². The second kappa shape index (κ2) is 3.78. The van der Waals surface area contributed by atoms with Crippen molar-refractivity contribution in [3.63, 3.8) is 0 Å². The minimum Gasteiger partial charge on any atom is -0.369 e. The molecule has 92 valence electrons. The van der Waals surface area contributed by atoms with Gasteiger partial charge in [0.15, 0.2) is 5.82 Å². The Kier molecular flexibility index (Phi) is 2.34. The number of hydrogen-bond acceptors (Lipinski definition) is 5. The topological polar surface area (TPSA) is 83.8 Å². The van der Waals surface area contributed by atoms with Crippen LogP contribution in [-0.2, 0) is 0 Å². The summed E-state index contributed by atoms with van der Waals surface area (Å²) in [6.07, 6.45) is 0. The van der Waals surface area contributed by atoms with E-state index >= 15 is 0 Å². The highest BCUT2D eigenvalue weighted by Crippen LogP contribution is 2.42. The van der Waals surface area contributed by atoms with Gasteiger partial charge in [0, 0.05) is 4.90 Å². The normalized spacial score (nSPS) is 12.6. The molecule has 0 radical (unpaired) electrons. The third kappa shape index (κ3) is 1.65. The molecular weight excluding hydrogens is 248 g/mol. The number of H-pyrrole nitrogens is 1. The Labute approximate surface area is 108 Å². The Morgan fingerprint density at radius 2 is 2.00 bits per heavy atom. The molecular formula is C12H12N4OS. The summed E-state index contributed by atoms with van der Waals surface area (Å²) in [4.78, 5) is 20.0. The molecule has 0 fully saturated rings. The van der Waals surface area contributed by atoms with Crippen molar-refractivity contribution in [2.45, 2.75) is 23.6 Å². The molecule has 0 atom stereocenters. The van der Waals surface area contributed by atoms with Gasteiger partial charge in [-0.25, -0.2) is 0 Å². The Morgan fingerprint density at radius 3 is 2.78 bits per heavy atom. The van der Waals surface area contributed by atoms with Crippen molar-refractivity contribution in [3.8, 4) is 0 Å². The predicted molar refractivity (Wildman–Crippen MR) is 72.6 cm³/mol. The highest BCUT2D eigenvalue weighted by molar-refractivity contribution is 7.99. The Bertz CT molecular complexity index is 708. The Morgan fingerprint density at radius 1 is 1.28 bits per heavy atom. The number of anilines is 3. The summed E-state index contributed by atoms with van der Waals surface area (Å²) in [6.45, 7) is 4.11. The molecule has 0 saturated carbocycles. The van der Waals surface area contributed by atoms with Gasteiger partial charge in [-0.15, -0.1) is 0 Å². The summed E-state index contributed by atoms with van der Waals surface area (Å²) in [6, 6.07) is 4.13. The van der Waals surface area contributed by atoms with Crippen molar-refractivity contribution < 1.29 is 0 Å². The fourth-order valence-electron chi connectivity index (χ4n) is 1.87. The molecule has 0 spiro atoms. The predicted octanol–water partition coefficient (Wildman–Crippen LogP) is 2.18. The molecule has 0 bridgehead atoms. The van der Waals surface area contributed by atoms with E-state index in [1.165, 1.54) is 22.9 Å². The van der Waals surface area contributed by atoms with Gasteiger partial charge in [0.25, 0.3) is 5.56 Å². The minimum absolute atomic E-state index is 0.124. The van der Waals surface area contributed by atoms with E-state index in [4.69, 9.17) is 5.73 Å². The number of nitrogens with zero attached hydrogens (tertiary/aromatic N) is 1. The highest BCUT2D eigenvalue weighted by Gasteiger charge is 2.21. The van der Waals surface area contributed by atoms with Gasteiger partial charge in [0.1, 0.15) is 4.90 Å². The summed E-state index contributed by atoms with van der Waals surface area (Å²) in [5, 5.41) is 3.16. The molecule has 2 heterocycles. The molecule has 0 unspecified atom stereocenters. The Hall–Kier alpha value is -1.95. The zero-order valence-electron chi connectivity index (χ0n) is 10.00. The van der Waals surface area contributed by atoms with Crippen LogP contribution < -0.4 is 16.6 Å². The number of fused-ring (bicyclic) bond motifs is 2. The number of aryl methyl sites for hydroxylation is 2. The second-order valence-electron chi connectivity index (χ2n) is 4.29. The van der Waals surface area contributed by atoms with Gasteiger partial charge in [-0.2, -0.15) is 4.98 Å². The molecule has 0 aliphatic carbocycles. The average molecular weight is 260 g/mol. The number of nitrogens with two attached hydrogens (primary N) is 1. The van der Waals surface area contributed by atoms with Crippen LogP contribution in [-0.4, -0.2) is 9.97 Å². The summed E-state index contributed by atoms with van der Waals surface area (Å²) in [5.74, 6) is 0.649. The average Bonchev–Trinajstić information content (AvgIpc) is 2.29. The van der Waals surface area contributed by atoms with Crippen LogP contribution in [0.2, 0.25) is 0 Å². The van der Waals surface area contributed by atoms with Crippen LogP contribution in [0, 0.1) is 13.8 Å². The van der Waals surface area contributed by atoms with Crippen molar-refractivity contribution in [3.05, 3.63) is 33.6 Å². The van der Waals surface area contributed by atoms with Gasteiger partial charge in [0.2, 0.25) is 5.95 Å². The molecule has 5 nitrogen and oxygen atoms in total. The maximum atomic E-state index is 11.8. The standard InChI is InChI=1S/C12H12N4OS/c1-5-3-7-8(4-6(5)2)18-9-10(14-7)15-12(13)16-11(9)17/h3-4H,1-2H3,(H4,13,14,15,16,17). The fourth-order valence-corrected chi connectivity index (χ4v) is 2.88. The van der Waals surface area contributed by atoms with Gasteiger partial charge in [-0.3, -0.25) is 9.78 Å². The number of nitrogen functional groups attached to an aromatic ring is 1. The number of hydrogen-bond donors (Lipinski definition) is 3. The molecule has 0 amide bonds. The number of aromatic amines is 1. The molecule has 1 aliphatic rings. The first-order valence-corrected chi connectivity index (χ1v) is 6.32.